The topological polar surface area (TPSA) is 94.5 Å². The van der Waals surface area contributed by atoms with Gasteiger partial charge < -0.3 is 15.8 Å². The number of nitrogens with zero attached hydrogens (tertiary/aromatic N) is 3. The van der Waals surface area contributed by atoms with Gasteiger partial charge in [0.05, 0.1) is 12.2 Å². The quantitative estimate of drug-likeness (QED) is 0.867. The number of pyridine rings is 1. The molecule has 19 heavy (non-hydrogen) atoms. The van der Waals surface area contributed by atoms with Crippen molar-refractivity contribution in [3.8, 4) is 0 Å². The minimum atomic E-state index is -0.247. The van der Waals surface area contributed by atoms with Crippen molar-refractivity contribution in [1.82, 2.24) is 19.9 Å². The number of carbonyl (C=O) groups is 1. The molecule has 0 aliphatic heterocycles. The van der Waals surface area contributed by atoms with Crippen LogP contribution in [0.3, 0.4) is 0 Å². The van der Waals surface area contributed by atoms with Crippen LogP contribution in [0.4, 0.5) is 5.95 Å². The number of nitrogens with two attached hydrogens (primary N) is 1. The van der Waals surface area contributed by atoms with Crippen LogP contribution in [0.15, 0.2) is 16.7 Å². The summed E-state index contributed by atoms with van der Waals surface area (Å²) in [7, 11) is 1.58. The van der Waals surface area contributed by atoms with Gasteiger partial charge in [0.1, 0.15) is 0 Å². The van der Waals surface area contributed by atoms with E-state index in [-0.39, 0.29) is 17.9 Å². The van der Waals surface area contributed by atoms with Crippen LogP contribution in [0, 0.1) is 0 Å². The summed E-state index contributed by atoms with van der Waals surface area (Å²) >= 11 is 3.32. The summed E-state index contributed by atoms with van der Waals surface area (Å²) in [5.74, 6) is -0.125. The standard InChI is InChI=1S/C11H14BrN5O2/c1-6(5-19-2)14-10(18)8-3-7(12)4-17-9(8)15-11(13)16-17/h3-4,6H,5H2,1-2H3,(H2,13,16)(H,14,18)/t6-/m0/s1. The average molecular weight is 328 g/mol. The Hall–Kier alpha value is -1.67. The Labute approximate surface area is 118 Å². The van der Waals surface area contributed by atoms with E-state index in [4.69, 9.17) is 10.5 Å². The molecule has 0 spiro atoms. The van der Waals surface area contributed by atoms with Gasteiger partial charge in [-0.3, -0.25) is 4.79 Å². The highest BCUT2D eigenvalue weighted by Gasteiger charge is 2.16. The van der Waals surface area contributed by atoms with Gasteiger partial charge in [0, 0.05) is 23.8 Å². The highest BCUT2D eigenvalue weighted by Crippen LogP contribution is 2.17. The van der Waals surface area contributed by atoms with Crippen LogP contribution in [-0.4, -0.2) is 40.3 Å². The second-order valence-corrected chi connectivity index (χ2v) is 5.06. The molecule has 8 heteroatoms. The molecule has 102 valence electrons. The third-order valence-corrected chi connectivity index (χ3v) is 2.89. The van der Waals surface area contributed by atoms with Crippen molar-refractivity contribution in [3.05, 3.63) is 22.3 Å². The number of rotatable bonds is 4. The number of nitrogens with one attached hydrogen (secondary N) is 1. The highest BCUT2D eigenvalue weighted by atomic mass is 79.9. The molecule has 2 aromatic rings. The number of anilines is 1. The van der Waals surface area contributed by atoms with E-state index >= 15 is 0 Å². The summed E-state index contributed by atoms with van der Waals surface area (Å²) in [5, 5.41) is 6.80. The minimum absolute atomic E-state index is 0.100. The molecule has 2 aromatic heterocycles. The number of fused-ring (bicyclic) bond motifs is 1. The predicted molar refractivity (Wildman–Crippen MR) is 73.9 cm³/mol. The van der Waals surface area contributed by atoms with Gasteiger partial charge in [-0.2, -0.15) is 4.98 Å². The molecule has 0 bridgehead atoms. The number of aromatic nitrogens is 3. The normalized spacial score (nSPS) is 12.6. The molecule has 7 nitrogen and oxygen atoms in total. The Morgan fingerprint density at radius 2 is 2.42 bits per heavy atom. The van der Waals surface area contributed by atoms with Gasteiger partial charge in [0.25, 0.3) is 5.91 Å². The molecule has 2 rings (SSSR count). The van der Waals surface area contributed by atoms with E-state index in [1.807, 2.05) is 6.92 Å². The van der Waals surface area contributed by atoms with Gasteiger partial charge in [-0.15, -0.1) is 5.10 Å². The van der Waals surface area contributed by atoms with Crippen LogP contribution in [-0.2, 0) is 4.74 Å². The lowest BCUT2D eigenvalue weighted by atomic mass is 10.2. The predicted octanol–water partition coefficient (Wildman–Crippen LogP) is 0.839. The Morgan fingerprint density at radius 1 is 1.68 bits per heavy atom. The SMILES string of the molecule is COC[C@H](C)NC(=O)c1cc(Br)cn2nc(N)nc12. The smallest absolute Gasteiger partial charge is 0.255 e. The van der Waals surface area contributed by atoms with Crippen molar-refractivity contribution < 1.29 is 9.53 Å². The third-order valence-electron chi connectivity index (χ3n) is 2.46. The number of halogens is 1. The zero-order chi connectivity index (χ0) is 14.0. The van der Waals surface area contributed by atoms with E-state index in [9.17, 15) is 4.79 Å². The zero-order valence-electron chi connectivity index (χ0n) is 10.6. The summed E-state index contributed by atoms with van der Waals surface area (Å²) in [6, 6.07) is 1.58. The first kappa shape index (κ1) is 13.8. The zero-order valence-corrected chi connectivity index (χ0v) is 12.1. The molecule has 0 aromatic carbocycles. The molecule has 0 saturated heterocycles. The first-order valence-corrected chi connectivity index (χ1v) is 6.41. The fourth-order valence-electron chi connectivity index (χ4n) is 1.73. The van der Waals surface area contributed by atoms with Gasteiger partial charge in [0.15, 0.2) is 5.65 Å². The fraction of sp³-hybridized carbons (Fsp3) is 0.364. The number of hydrogen-bond acceptors (Lipinski definition) is 5. The van der Waals surface area contributed by atoms with Crippen molar-refractivity contribution in [2.24, 2.45) is 0 Å². The van der Waals surface area contributed by atoms with Crippen LogP contribution in [0.5, 0.6) is 0 Å². The summed E-state index contributed by atoms with van der Waals surface area (Å²) in [5.41, 5.74) is 6.37. The maximum atomic E-state index is 12.2. The number of nitrogen functional groups attached to an aromatic ring is 1. The number of ether oxygens (including phenoxy) is 1. The molecule has 0 aliphatic rings. The molecule has 0 fully saturated rings. The summed E-state index contributed by atoms with van der Waals surface area (Å²) in [4.78, 5) is 16.2. The summed E-state index contributed by atoms with van der Waals surface area (Å²) < 4.78 is 7.16. The Kier molecular flexibility index (Phi) is 4.01. The van der Waals surface area contributed by atoms with E-state index in [1.165, 1.54) is 4.52 Å². The van der Waals surface area contributed by atoms with Crippen LogP contribution in [0.25, 0.3) is 5.65 Å². The minimum Gasteiger partial charge on any atom is -0.383 e. The average Bonchev–Trinajstić information content (AvgIpc) is 2.68. The molecule has 0 aliphatic carbocycles. The number of methoxy groups -OCH3 is 1. The molecule has 3 N–H and O–H groups in total. The van der Waals surface area contributed by atoms with Crippen molar-refractivity contribution in [2.45, 2.75) is 13.0 Å². The number of amides is 1. The van der Waals surface area contributed by atoms with E-state index in [1.54, 1.807) is 19.4 Å². The van der Waals surface area contributed by atoms with E-state index in [0.717, 1.165) is 4.47 Å². The van der Waals surface area contributed by atoms with Gasteiger partial charge in [-0.25, -0.2) is 4.52 Å². The second-order valence-electron chi connectivity index (χ2n) is 4.14. The Morgan fingerprint density at radius 3 is 3.11 bits per heavy atom. The molecule has 1 amide bonds. The number of carbonyl (C=O) groups excluding carboxylic acids is 1. The second kappa shape index (κ2) is 5.54. The Bertz CT molecular complexity index is 612. The van der Waals surface area contributed by atoms with E-state index in [0.29, 0.717) is 17.8 Å². The van der Waals surface area contributed by atoms with E-state index in [2.05, 4.69) is 31.3 Å². The first-order valence-electron chi connectivity index (χ1n) is 5.62. The lowest BCUT2D eigenvalue weighted by Gasteiger charge is -2.13. The molecule has 0 radical (unpaired) electrons. The molecular weight excluding hydrogens is 314 g/mol. The van der Waals surface area contributed by atoms with Crippen LogP contribution in [0.1, 0.15) is 17.3 Å². The third kappa shape index (κ3) is 3.02. The lowest BCUT2D eigenvalue weighted by Crippen LogP contribution is -2.35. The molecule has 0 saturated carbocycles. The summed E-state index contributed by atoms with van der Waals surface area (Å²) in [6.07, 6.45) is 1.69. The highest BCUT2D eigenvalue weighted by molar-refractivity contribution is 9.10. The van der Waals surface area contributed by atoms with Crippen molar-refractivity contribution in [3.63, 3.8) is 0 Å². The largest absolute Gasteiger partial charge is 0.383 e. The first-order chi connectivity index (χ1) is 9.01. The lowest BCUT2D eigenvalue weighted by molar-refractivity contribution is 0.0906. The van der Waals surface area contributed by atoms with Gasteiger partial charge in [0.2, 0.25) is 5.95 Å². The number of hydrogen-bond donors (Lipinski definition) is 2. The van der Waals surface area contributed by atoms with Crippen molar-refractivity contribution in [2.75, 3.05) is 19.5 Å². The maximum absolute atomic E-state index is 12.2. The van der Waals surface area contributed by atoms with Gasteiger partial charge in [-0.05, 0) is 28.9 Å². The van der Waals surface area contributed by atoms with Crippen LogP contribution < -0.4 is 11.1 Å². The van der Waals surface area contributed by atoms with Gasteiger partial charge in [-0.1, -0.05) is 0 Å². The maximum Gasteiger partial charge on any atom is 0.255 e. The van der Waals surface area contributed by atoms with Crippen LogP contribution in [0.2, 0.25) is 0 Å². The molecule has 2 heterocycles. The monoisotopic (exact) mass is 327 g/mol. The molecule has 0 unspecified atom stereocenters. The van der Waals surface area contributed by atoms with Crippen molar-refractivity contribution >= 4 is 33.4 Å². The molecular formula is C11H14BrN5O2. The molecule has 1 atom stereocenters. The van der Waals surface area contributed by atoms with Crippen LogP contribution >= 0.6 is 15.9 Å². The van der Waals surface area contributed by atoms with Gasteiger partial charge >= 0.3 is 0 Å². The Balaban J connectivity index is 2.35. The van der Waals surface area contributed by atoms with Crippen molar-refractivity contribution in [1.29, 1.82) is 0 Å². The van der Waals surface area contributed by atoms with E-state index < -0.39 is 0 Å². The summed E-state index contributed by atoms with van der Waals surface area (Å²) in [6.45, 7) is 2.29. The fourth-order valence-corrected chi connectivity index (χ4v) is 2.15.